The van der Waals surface area contributed by atoms with Crippen LogP contribution in [0.1, 0.15) is 18.9 Å². The summed E-state index contributed by atoms with van der Waals surface area (Å²) in [6.45, 7) is 1.88. The van der Waals surface area contributed by atoms with Gasteiger partial charge in [0.05, 0.1) is 5.69 Å². The Morgan fingerprint density at radius 3 is 2.86 bits per heavy atom. The van der Waals surface area contributed by atoms with E-state index >= 15 is 0 Å². The average Bonchev–Trinajstić information content (AvgIpc) is 3.02. The first-order chi connectivity index (χ1) is 10.8. The van der Waals surface area contributed by atoms with Crippen molar-refractivity contribution in [1.82, 2.24) is 24.8 Å². The summed E-state index contributed by atoms with van der Waals surface area (Å²) in [5, 5.41) is 4.05. The molecule has 0 saturated carbocycles. The third-order valence-electron chi connectivity index (χ3n) is 3.93. The molecule has 112 valence electrons. The van der Waals surface area contributed by atoms with Gasteiger partial charge in [-0.15, -0.1) is 11.3 Å². The maximum absolute atomic E-state index is 12.7. The molecule has 0 amide bonds. The van der Waals surface area contributed by atoms with Crippen LogP contribution in [0.5, 0.6) is 0 Å². The fourth-order valence-electron chi connectivity index (χ4n) is 2.77. The number of nitrogens with zero attached hydrogens (tertiary/aromatic N) is 4. The van der Waals surface area contributed by atoms with Crippen molar-refractivity contribution in [3.8, 4) is 10.7 Å². The first-order valence-electron chi connectivity index (χ1n) is 7.33. The van der Waals surface area contributed by atoms with E-state index in [1.165, 1.54) is 11.3 Å². The predicted octanol–water partition coefficient (Wildman–Crippen LogP) is 1.84. The second-order valence-corrected chi connectivity index (χ2v) is 6.32. The molecule has 0 radical (unpaired) electrons. The maximum atomic E-state index is 12.7. The number of piperidine rings is 1. The number of nitrogens with one attached hydrogen (secondary N) is 1. The van der Waals surface area contributed by atoms with Gasteiger partial charge in [0.1, 0.15) is 16.0 Å². The van der Waals surface area contributed by atoms with Gasteiger partial charge in [-0.05, 0) is 38.1 Å². The topological polar surface area (TPSA) is 72.7 Å². The van der Waals surface area contributed by atoms with Crippen LogP contribution in [0.2, 0.25) is 0 Å². The van der Waals surface area contributed by atoms with Crippen LogP contribution in [0.15, 0.2) is 35.5 Å². The average molecular weight is 313 g/mol. The van der Waals surface area contributed by atoms with Crippen LogP contribution in [-0.2, 0) is 0 Å². The molecular weight excluding hydrogens is 298 g/mol. The third-order valence-corrected chi connectivity index (χ3v) is 4.98. The number of fused-ring (bicyclic) bond motifs is 1. The molecule has 1 aliphatic heterocycles. The summed E-state index contributed by atoms with van der Waals surface area (Å²) in [7, 11) is 0. The Bertz CT molecular complexity index is 851. The van der Waals surface area contributed by atoms with E-state index in [1.54, 1.807) is 17.1 Å². The van der Waals surface area contributed by atoms with Gasteiger partial charge < -0.3 is 5.32 Å². The lowest BCUT2D eigenvalue weighted by molar-refractivity contribution is 0.359. The lowest BCUT2D eigenvalue weighted by Gasteiger charge is -2.24. The summed E-state index contributed by atoms with van der Waals surface area (Å²) in [5.74, 6) is 0. The van der Waals surface area contributed by atoms with Crippen LogP contribution in [-0.4, -0.2) is 32.6 Å². The van der Waals surface area contributed by atoms with E-state index in [9.17, 15) is 4.79 Å². The van der Waals surface area contributed by atoms with Crippen molar-refractivity contribution >= 4 is 21.7 Å². The fraction of sp³-hybridized carbons (Fsp3) is 0.333. The minimum atomic E-state index is 0.0107. The molecular formula is C15H15N5OS. The highest BCUT2D eigenvalue weighted by molar-refractivity contribution is 7.21. The second-order valence-electron chi connectivity index (χ2n) is 5.32. The smallest absolute Gasteiger partial charge is 0.273 e. The van der Waals surface area contributed by atoms with Crippen molar-refractivity contribution in [3.05, 3.63) is 41.1 Å². The molecule has 0 bridgehead atoms. The van der Waals surface area contributed by atoms with E-state index in [-0.39, 0.29) is 11.6 Å². The molecule has 6 nitrogen and oxygen atoms in total. The summed E-state index contributed by atoms with van der Waals surface area (Å²) in [5.41, 5.74) is 1.30. The molecule has 0 aromatic carbocycles. The minimum absolute atomic E-state index is 0.0107. The summed E-state index contributed by atoms with van der Waals surface area (Å²) in [6.07, 6.45) is 5.28. The first kappa shape index (κ1) is 13.5. The Morgan fingerprint density at radius 1 is 1.23 bits per heavy atom. The van der Waals surface area contributed by atoms with Gasteiger partial charge >= 0.3 is 0 Å². The van der Waals surface area contributed by atoms with Crippen LogP contribution in [0.4, 0.5) is 0 Å². The number of rotatable bonds is 2. The van der Waals surface area contributed by atoms with E-state index in [1.807, 2.05) is 18.2 Å². The van der Waals surface area contributed by atoms with Crippen LogP contribution in [0.25, 0.3) is 21.0 Å². The van der Waals surface area contributed by atoms with Crippen molar-refractivity contribution in [3.63, 3.8) is 0 Å². The third kappa shape index (κ3) is 2.32. The molecule has 0 unspecified atom stereocenters. The van der Waals surface area contributed by atoms with Crippen LogP contribution in [0, 0.1) is 0 Å². The zero-order valence-corrected chi connectivity index (χ0v) is 12.7. The molecule has 0 atom stereocenters. The van der Waals surface area contributed by atoms with Crippen LogP contribution >= 0.6 is 11.3 Å². The first-order valence-corrected chi connectivity index (χ1v) is 8.14. The molecule has 3 aromatic rings. The normalized spacial score (nSPS) is 16.2. The highest BCUT2D eigenvalue weighted by atomic mass is 32.1. The highest BCUT2D eigenvalue weighted by Gasteiger charge is 2.19. The van der Waals surface area contributed by atoms with E-state index in [0.717, 1.165) is 36.6 Å². The molecule has 4 rings (SSSR count). The van der Waals surface area contributed by atoms with Crippen molar-refractivity contribution < 1.29 is 0 Å². The molecule has 4 heterocycles. The summed E-state index contributed by atoms with van der Waals surface area (Å²) >= 11 is 1.37. The van der Waals surface area contributed by atoms with E-state index < -0.39 is 0 Å². The summed E-state index contributed by atoms with van der Waals surface area (Å²) < 4.78 is 2.38. The summed E-state index contributed by atoms with van der Waals surface area (Å²) in [6, 6.07) is 5.89. The van der Waals surface area contributed by atoms with Gasteiger partial charge in [-0.3, -0.25) is 14.3 Å². The SMILES string of the molecule is O=c1c2sc(-c3ccccn3)nc2ncn1C1CCNCC1. The second kappa shape index (κ2) is 5.58. The van der Waals surface area contributed by atoms with Crippen molar-refractivity contribution in [2.24, 2.45) is 0 Å². The largest absolute Gasteiger partial charge is 0.317 e. The summed E-state index contributed by atoms with van der Waals surface area (Å²) in [4.78, 5) is 25.8. The Balaban J connectivity index is 1.80. The van der Waals surface area contributed by atoms with Gasteiger partial charge in [0.2, 0.25) is 0 Å². The van der Waals surface area contributed by atoms with Gasteiger partial charge in [-0.1, -0.05) is 6.07 Å². The molecule has 3 aromatic heterocycles. The van der Waals surface area contributed by atoms with Gasteiger partial charge in [0.25, 0.3) is 5.56 Å². The Morgan fingerprint density at radius 2 is 2.09 bits per heavy atom. The lowest BCUT2D eigenvalue weighted by atomic mass is 10.1. The number of aromatic nitrogens is 4. The Labute approximate surface area is 130 Å². The lowest BCUT2D eigenvalue weighted by Crippen LogP contribution is -2.34. The highest BCUT2D eigenvalue weighted by Crippen LogP contribution is 2.26. The number of hydrogen-bond donors (Lipinski definition) is 1. The van der Waals surface area contributed by atoms with Crippen molar-refractivity contribution in [1.29, 1.82) is 0 Å². The molecule has 0 spiro atoms. The number of thiazole rings is 1. The molecule has 7 heteroatoms. The standard InChI is InChI=1S/C15H15N5OS/c21-15-12-13(18-9-20(15)10-4-7-16-8-5-10)19-14(22-12)11-3-1-2-6-17-11/h1-3,6,9-10,16H,4-5,7-8H2. The monoisotopic (exact) mass is 313 g/mol. The Hall–Kier alpha value is -2.12. The van der Waals surface area contributed by atoms with Gasteiger partial charge in [-0.2, -0.15) is 0 Å². The molecule has 1 aliphatic rings. The van der Waals surface area contributed by atoms with Gasteiger partial charge in [0, 0.05) is 12.2 Å². The molecule has 1 N–H and O–H groups in total. The Kier molecular flexibility index (Phi) is 3.44. The van der Waals surface area contributed by atoms with Crippen LogP contribution in [0.3, 0.4) is 0 Å². The predicted molar refractivity (Wildman–Crippen MR) is 86.0 cm³/mol. The minimum Gasteiger partial charge on any atom is -0.317 e. The molecule has 0 aliphatic carbocycles. The zero-order chi connectivity index (χ0) is 14.9. The zero-order valence-electron chi connectivity index (χ0n) is 11.9. The van der Waals surface area contributed by atoms with E-state index in [0.29, 0.717) is 10.3 Å². The fourth-order valence-corrected chi connectivity index (χ4v) is 3.70. The van der Waals surface area contributed by atoms with Crippen molar-refractivity contribution in [2.75, 3.05) is 13.1 Å². The number of pyridine rings is 1. The molecule has 1 saturated heterocycles. The maximum Gasteiger partial charge on any atom is 0.273 e. The van der Waals surface area contributed by atoms with Gasteiger partial charge in [-0.25, -0.2) is 9.97 Å². The molecule has 22 heavy (non-hydrogen) atoms. The van der Waals surface area contributed by atoms with E-state index in [2.05, 4.69) is 20.3 Å². The van der Waals surface area contributed by atoms with Gasteiger partial charge in [0.15, 0.2) is 5.65 Å². The van der Waals surface area contributed by atoms with E-state index in [4.69, 9.17) is 0 Å². The molecule has 1 fully saturated rings. The van der Waals surface area contributed by atoms with Crippen molar-refractivity contribution in [2.45, 2.75) is 18.9 Å². The quantitative estimate of drug-likeness (QED) is 0.781. The van der Waals surface area contributed by atoms with Crippen LogP contribution < -0.4 is 10.9 Å². The number of hydrogen-bond acceptors (Lipinski definition) is 6.